The summed E-state index contributed by atoms with van der Waals surface area (Å²) >= 11 is 0. The predicted octanol–water partition coefficient (Wildman–Crippen LogP) is 1.42. The first-order valence-corrected chi connectivity index (χ1v) is 5.64. The van der Waals surface area contributed by atoms with Crippen molar-refractivity contribution in [3.8, 4) is 0 Å². The lowest BCUT2D eigenvalue weighted by atomic mass is 10.2. The molecule has 0 unspecified atom stereocenters. The molecule has 0 aliphatic carbocycles. The fraction of sp³-hybridized carbons (Fsp3) is 0.583. The molecule has 18 heavy (non-hydrogen) atoms. The molecule has 0 radical (unpaired) electrons. The molecule has 0 aliphatic heterocycles. The van der Waals surface area contributed by atoms with Gasteiger partial charge in [0.1, 0.15) is 5.60 Å². The van der Waals surface area contributed by atoms with Crippen molar-refractivity contribution in [2.75, 3.05) is 0 Å². The molecule has 0 N–H and O–H groups in total. The highest BCUT2D eigenvalue weighted by Gasteiger charge is 2.16. The number of carbonyl (C=O) groups is 1. The minimum atomic E-state index is -0.887. The van der Waals surface area contributed by atoms with Crippen molar-refractivity contribution in [1.29, 1.82) is 0 Å². The molecule has 100 valence electrons. The van der Waals surface area contributed by atoms with Gasteiger partial charge in [-0.2, -0.15) is 4.39 Å². The van der Waals surface area contributed by atoms with Gasteiger partial charge in [-0.05, 0) is 27.7 Å². The summed E-state index contributed by atoms with van der Waals surface area (Å²) in [4.78, 5) is 26.7. The molecule has 1 heterocycles. The minimum absolute atomic E-state index is 0.00135. The molecule has 1 aromatic rings. The first-order valence-electron chi connectivity index (χ1n) is 5.64. The second kappa shape index (κ2) is 5.29. The Bertz CT molecular complexity index is 503. The number of carbonyl (C=O) groups excluding carboxylic acids is 1. The van der Waals surface area contributed by atoms with Crippen LogP contribution in [0.15, 0.2) is 11.1 Å². The van der Waals surface area contributed by atoms with Crippen LogP contribution < -0.4 is 5.56 Å². The van der Waals surface area contributed by atoms with E-state index in [1.807, 2.05) is 0 Å². The Morgan fingerprint density at radius 2 is 2.11 bits per heavy atom. The standard InChI is InChI=1S/C12H17FN2O3/c1-8-10(13)11(17)15(7-14-8)6-5-9(16)18-12(2,3)4/h7H,5-6H2,1-4H3. The largest absolute Gasteiger partial charge is 0.460 e. The summed E-state index contributed by atoms with van der Waals surface area (Å²) in [6, 6.07) is 0. The lowest BCUT2D eigenvalue weighted by Crippen LogP contribution is -2.28. The first kappa shape index (κ1) is 14.3. The van der Waals surface area contributed by atoms with Gasteiger partial charge in [-0.25, -0.2) is 4.98 Å². The fourth-order valence-corrected chi connectivity index (χ4v) is 1.31. The molecule has 0 bridgehead atoms. The van der Waals surface area contributed by atoms with E-state index in [1.54, 1.807) is 20.8 Å². The topological polar surface area (TPSA) is 61.2 Å². The molecule has 1 rings (SSSR count). The summed E-state index contributed by atoms with van der Waals surface area (Å²) in [5.41, 5.74) is -1.29. The zero-order valence-corrected chi connectivity index (χ0v) is 11.0. The molecule has 0 saturated carbocycles. The minimum Gasteiger partial charge on any atom is -0.460 e. The van der Waals surface area contributed by atoms with Gasteiger partial charge in [-0.3, -0.25) is 14.2 Å². The molecule has 0 atom stereocenters. The van der Waals surface area contributed by atoms with E-state index >= 15 is 0 Å². The second-order valence-corrected chi connectivity index (χ2v) is 4.98. The van der Waals surface area contributed by atoms with Crippen LogP contribution in [0.5, 0.6) is 0 Å². The second-order valence-electron chi connectivity index (χ2n) is 4.98. The van der Waals surface area contributed by atoms with Gasteiger partial charge in [0.25, 0.3) is 5.56 Å². The molecular weight excluding hydrogens is 239 g/mol. The number of ether oxygens (including phenoxy) is 1. The van der Waals surface area contributed by atoms with Crippen molar-refractivity contribution in [3.63, 3.8) is 0 Å². The number of halogens is 1. The van der Waals surface area contributed by atoms with Gasteiger partial charge in [0.05, 0.1) is 18.4 Å². The van der Waals surface area contributed by atoms with Gasteiger partial charge in [0.15, 0.2) is 0 Å². The van der Waals surface area contributed by atoms with Crippen LogP contribution in [0.25, 0.3) is 0 Å². The van der Waals surface area contributed by atoms with Gasteiger partial charge in [0.2, 0.25) is 5.82 Å². The van der Waals surface area contributed by atoms with E-state index < -0.39 is 22.9 Å². The van der Waals surface area contributed by atoms with E-state index in [0.29, 0.717) is 0 Å². The lowest BCUT2D eigenvalue weighted by Gasteiger charge is -2.19. The van der Waals surface area contributed by atoms with Crippen LogP contribution in [-0.2, 0) is 16.1 Å². The Kier molecular flexibility index (Phi) is 4.21. The Balaban J connectivity index is 2.68. The van der Waals surface area contributed by atoms with E-state index in [2.05, 4.69) is 4.98 Å². The van der Waals surface area contributed by atoms with Crippen LogP contribution in [0.4, 0.5) is 4.39 Å². The molecule has 0 aromatic carbocycles. The molecule has 1 aromatic heterocycles. The summed E-state index contributed by atoms with van der Waals surface area (Å²) in [6.45, 7) is 6.73. The quantitative estimate of drug-likeness (QED) is 0.767. The van der Waals surface area contributed by atoms with Crippen LogP contribution in [0, 0.1) is 12.7 Å². The summed E-state index contributed by atoms with van der Waals surface area (Å²) < 4.78 is 19.4. The summed E-state index contributed by atoms with van der Waals surface area (Å²) in [6.07, 6.45) is 1.23. The van der Waals surface area contributed by atoms with E-state index in [4.69, 9.17) is 4.74 Å². The summed E-state index contributed by atoms with van der Waals surface area (Å²) in [5, 5.41) is 0. The van der Waals surface area contributed by atoms with Crippen molar-refractivity contribution < 1.29 is 13.9 Å². The van der Waals surface area contributed by atoms with Crippen molar-refractivity contribution in [2.24, 2.45) is 0 Å². The third-order valence-electron chi connectivity index (χ3n) is 2.13. The molecule has 5 nitrogen and oxygen atoms in total. The summed E-state index contributed by atoms with van der Waals surface area (Å²) in [7, 11) is 0. The number of aryl methyl sites for hydroxylation is 2. The number of rotatable bonds is 3. The first-order chi connectivity index (χ1) is 8.20. The SMILES string of the molecule is Cc1ncn(CCC(=O)OC(C)(C)C)c(=O)c1F. The Morgan fingerprint density at radius 1 is 1.50 bits per heavy atom. The van der Waals surface area contributed by atoms with E-state index in [0.717, 1.165) is 4.57 Å². The molecule has 0 aliphatic rings. The molecule has 0 fully saturated rings. The maximum absolute atomic E-state index is 13.3. The number of hydrogen-bond donors (Lipinski definition) is 0. The number of nitrogens with zero attached hydrogens (tertiary/aromatic N) is 2. The Labute approximate surface area is 105 Å². The number of hydrogen-bond acceptors (Lipinski definition) is 4. The monoisotopic (exact) mass is 256 g/mol. The molecule has 6 heteroatoms. The number of esters is 1. The fourth-order valence-electron chi connectivity index (χ4n) is 1.31. The van der Waals surface area contributed by atoms with Crippen molar-refractivity contribution in [3.05, 3.63) is 28.2 Å². The van der Waals surface area contributed by atoms with E-state index in [1.165, 1.54) is 13.3 Å². The van der Waals surface area contributed by atoms with Crippen LogP contribution in [-0.4, -0.2) is 21.1 Å². The maximum atomic E-state index is 13.3. The maximum Gasteiger partial charge on any atom is 0.308 e. The van der Waals surface area contributed by atoms with Gasteiger partial charge in [-0.15, -0.1) is 0 Å². The third-order valence-corrected chi connectivity index (χ3v) is 2.13. The highest BCUT2D eigenvalue weighted by molar-refractivity contribution is 5.69. The van der Waals surface area contributed by atoms with Gasteiger partial charge >= 0.3 is 5.97 Å². The third kappa shape index (κ3) is 3.94. The van der Waals surface area contributed by atoms with Gasteiger partial charge in [0, 0.05) is 6.54 Å². The van der Waals surface area contributed by atoms with Crippen molar-refractivity contribution in [1.82, 2.24) is 9.55 Å². The highest BCUT2D eigenvalue weighted by atomic mass is 19.1. The Hall–Kier alpha value is -1.72. The average molecular weight is 256 g/mol. The lowest BCUT2D eigenvalue weighted by molar-refractivity contribution is -0.155. The molecule has 0 spiro atoms. The predicted molar refractivity (Wildman–Crippen MR) is 63.7 cm³/mol. The van der Waals surface area contributed by atoms with Gasteiger partial charge in [-0.1, -0.05) is 0 Å². The van der Waals surface area contributed by atoms with Crippen molar-refractivity contribution in [2.45, 2.75) is 46.3 Å². The van der Waals surface area contributed by atoms with Gasteiger partial charge < -0.3 is 4.74 Å². The molecule has 0 amide bonds. The Morgan fingerprint density at radius 3 is 2.67 bits per heavy atom. The average Bonchev–Trinajstić information content (AvgIpc) is 2.22. The smallest absolute Gasteiger partial charge is 0.308 e. The molecule has 0 saturated heterocycles. The number of aromatic nitrogens is 2. The zero-order valence-electron chi connectivity index (χ0n) is 11.0. The highest BCUT2D eigenvalue weighted by Crippen LogP contribution is 2.08. The van der Waals surface area contributed by atoms with Crippen LogP contribution >= 0.6 is 0 Å². The van der Waals surface area contributed by atoms with E-state index in [9.17, 15) is 14.0 Å². The summed E-state index contributed by atoms with van der Waals surface area (Å²) in [5.74, 6) is -1.32. The van der Waals surface area contributed by atoms with Crippen LogP contribution in [0.2, 0.25) is 0 Å². The normalized spacial score (nSPS) is 11.4. The molecular formula is C12H17FN2O3. The van der Waals surface area contributed by atoms with E-state index in [-0.39, 0.29) is 18.7 Å². The van der Waals surface area contributed by atoms with Crippen LogP contribution in [0.3, 0.4) is 0 Å². The van der Waals surface area contributed by atoms with Crippen LogP contribution in [0.1, 0.15) is 32.9 Å². The van der Waals surface area contributed by atoms with Crippen molar-refractivity contribution >= 4 is 5.97 Å². The zero-order chi connectivity index (χ0) is 13.9.